The number of likely N-dealkylation sites (N-methyl/N-ethyl adjacent to an activating group) is 1. The van der Waals surface area contributed by atoms with Gasteiger partial charge in [-0.25, -0.2) is 0 Å². The molecule has 1 amide bonds. The largest absolute Gasteiger partial charge is 0.481 e. The minimum atomic E-state index is -0.915. The van der Waals surface area contributed by atoms with Gasteiger partial charge in [0, 0.05) is 41.8 Å². The standard InChI is InChI=1S/C21H20N2O3/c1-3-23-19(16-12-22(2)17-11-7-6-8-13(16)17)18(21(25)26)14-9-4-5-10-15(14)20(23)24/h4-12,18-19H,3H2,1-2H3,(H,25,26)/t18-,19+/m1/s1. The van der Waals surface area contributed by atoms with Crippen LogP contribution in [0.5, 0.6) is 0 Å². The monoisotopic (exact) mass is 348 g/mol. The molecule has 0 bridgehead atoms. The Morgan fingerprint density at radius 3 is 2.50 bits per heavy atom. The molecule has 3 aromatic rings. The summed E-state index contributed by atoms with van der Waals surface area (Å²) in [4.78, 5) is 27.0. The van der Waals surface area contributed by atoms with Crippen LogP contribution in [0.2, 0.25) is 0 Å². The lowest BCUT2D eigenvalue weighted by atomic mass is 9.79. The summed E-state index contributed by atoms with van der Waals surface area (Å²) in [5.74, 6) is -1.82. The zero-order valence-electron chi connectivity index (χ0n) is 14.7. The van der Waals surface area contributed by atoms with Crippen LogP contribution in [-0.2, 0) is 11.8 Å². The highest BCUT2D eigenvalue weighted by molar-refractivity contribution is 6.01. The molecule has 0 fully saturated rings. The highest BCUT2D eigenvalue weighted by Crippen LogP contribution is 2.44. The summed E-state index contributed by atoms with van der Waals surface area (Å²) in [6, 6.07) is 14.4. The summed E-state index contributed by atoms with van der Waals surface area (Å²) in [5.41, 5.74) is 2.97. The maximum Gasteiger partial charge on any atom is 0.313 e. The summed E-state index contributed by atoms with van der Waals surface area (Å²) in [6.45, 7) is 2.34. The normalized spacial score (nSPS) is 19.6. The number of aryl methyl sites for hydroxylation is 1. The van der Waals surface area contributed by atoms with Gasteiger partial charge in [0.1, 0.15) is 5.92 Å². The molecule has 0 radical (unpaired) electrons. The third-order valence-electron chi connectivity index (χ3n) is 5.29. The molecule has 0 spiro atoms. The van der Waals surface area contributed by atoms with Gasteiger partial charge in [-0.05, 0) is 24.6 Å². The molecule has 0 saturated carbocycles. The molecule has 26 heavy (non-hydrogen) atoms. The molecule has 5 nitrogen and oxygen atoms in total. The van der Waals surface area contributed by atoms with Gasteiger partial charge in [-0.3, -0.25) is 9.59 Å². The van der Waals surface area contributed by atoms with Crippen LogP contribution in [0.1, 0.15) is 40.4 Å². The number of benzene rings is 2. The van der Waals surface area contributed by atoms with Gasteiger partial charge in [0.2, 0.25) is 0 Å². The number of amides is 1. The number of hydrogen-bond acceptors (Lipinski definition) is 2. The van der Waals surface area contributed by atoms with Crippen molar-refractivity contribution in [1.29, 1.82) is 0 Å². The highest BCUT2D eigenvalue weighted by atomic mass is 16.4. The molecule has 2 aromatic carbocycles. The first-order valence-corrected chi connectivity index (χ1v) is 8.71. The second-order valence-corrected chi connectivity index (χ2v) is 6.65. The Morgan fingerprint density at radius 1 is 1.08 bits per heavy atom. The second-order valence-electron chi connectivity index (χ2n) is 6.65. The van der Waals surface area contributed by atoms with E-state index in [4.69, 9.17) is 0 Å². The van der Waals surface area contributed by atoms with Crippen LogP contribution >= 0.6 is 0 Å². The smallest absolute Gasteiger partial charge is 0.313 e. The number of carboxylic acid groups (broad SMARTS) is 1. The Morgan fingerprint density at radius 2 is 1.77 bits per heavy atom. The van der Waals surface area contributed by atoms with Gasteiger partial charge in [-0.15, -0.1) is 0 Å². The molecule has 5 heteroatoms. The molecule has 132 valence electrons. The number of hydrogen-bond donors (Lipinski definition) is 1. The van der Waals surface area contributed by atoms with Crippen molar-refractivity contribution in [2.75, 3.05) is 6.54 Å². The minimum Gasteiger partial charge on any atom is -0.481 e. The van der Waals surface area contributed by atoms with E-state index in [-0.39, 0.29) is 5.91 Å². The molecule has 1 aliphatic heterocycles. The molecule has 1 aromatic heterocycles. The second kappa shape index (κ2) is 6.02. The van der Waals surface area contributed by atoms with Crippen LogP contribution < -0.4 is 0 Å². The first kappa shape index (κ1) is 16.4. The molecular weight excluding hydrogens is 328 g/mol. The van der Waals surface area contributed by atoms with Gasteiger partial charge in [-0.2, -0.15) is 0 Å². The molecule has 2 heterocycles. The lowest BCUT2D eigenvalue weighted by Gasteiger charge is -2.40. The molecule has 0 aliphatic carbocycles. The average Bonchev–Trinajstić information content (AvgIpc) is 2.98. The van der Waals surface area contributed by atoms with Gasteiger partial charge in [0.25, 0.3) is 5.91 Å². The van der Waals surface area contributed by atoms with Crippen LogP contribution in [0.15, 0.2) is 54.7 Å². The third-order valence-corrected chi connectivity index (χ3v) is 5.29. The number of aromatic nitrogens is 1. The molecule has 2 atom stereocenters. The minimum absolute atomic E-state index is 0.112. The van der Waals surface area contributed by atoms with Crippen molar-refractivity contribution in [3.63, 3.8) is 0 Å². The van der Waals surface area contributed by atoms with Crippen LogP contribution in [-0.4, -0.2) is 33.0 Å². The first-order valence-electron chi connectivity index (χ1n) is 8.71. The number of fused-ring (bicyclic) bond motifs is 2. The predicted octanol–water partition coefficient (Wildman–Crippen LogP) is 3.56. The van der Waals surface area contributed by atoms with Gasteiger partial charge >= 0.3 is 5.97 Å². The van der Waals surface area contributed by atoms with E-state index in [1.54, 1.807) is 29.2 Å². The zero-order valence-corrected chi connectivity index (χ0v) is 14.7. The Labute approximate surface area is 151 Å². The van der Waals surface area contributed by atoms with Gasteiger partial charge < -0.3 is 14.6 Å². The molecule has 0 saturated heterocycles. The van der Waals surface area contributed by atoms with E-state index in [0.717, 1.165) is 16.5 Å². The van der Waals surface area contributed by atoms with Crippen molar-refractivity contribution in [3.8, 4) is 0 Å². The molecule has 0 unspecified atom stereocenters. The van der Waals surface area contributed by atoms with E-state index in [1.165, 1.54) is 0 Å². The van der Waals surface area contributed by atoms with Crippen LogP contribution in [0.25, 0.3) is 10.9 Å². The fraction of sp³-hybridized carbons (Fsp3) is 0.238. The number of carbonyl (C=O) groups is 2. The summed E-state index contributed by atoms with van der Waals surface area (Å²) in [6.07, 6.45) is 1.95. The average molecular weight is 348 g/mol. The predicted molar refractivity (Wildman–Crippen MR) is 99.2 cm³/mol. The Balaban J connectivity index is 2.01. The van der Waals surface area contributed by atoms with Crippen molar-refractivity contribution in [1.82, 2.24) is 9.47 Å². The number of aliphatic carboxylic acids is 1. The number of carboxylic acids is 1. The Kier molecular flexibility index (Phi) is 3.80. The van der Waals surface area contributed by atoms with Gasteiger partial charge in [0.15, 0.2) is 0 Å². The van der Waals surface area contributed by atoms with E-state index in [1.807, 2.05) is 49.0 Å². The van der Waals surface area contributed by atoms with Crippen LogP contribution in [0.4, 0.5) is 0 Å². The summed E-state index contributed by atoms with van der Waals surface area (Å²) < 4.78 is 1.99. The van der Waals surface area contributed by atoms with Crippen molar-refractivity contribution in [2.45, 2.75) is 18.9 Å². The van der Waals surface area contributed by atoms with Crippen molar-refractivity contribution in [2.24, 2.45) is 7.05 Å². The van der Waals surface area contributed by atoms with Crippen molar-refractivity contribution in [3.05, 3.63) is 71.4 Å². The quantitative estimate of drug-likeness (QED) is 0.787. The van der Waals surface area contributed by atoms with Crippen LogP contribution in [0.3, 0.4) is 0 Å². The topological polar surface area (TPSA) is 62.5 Å². The van der Waals surface area contributed by atoms with E-state index in [2.05, 4.69) is 0 Å². The maximum absolute atomic E-state index is 13.1. The molecule has 4 rings (SSSR count). The molecule has 1 N–H and O–H groups in total. The number of rotatable bonds is 3. The third kappa shape index (κ3) is 2.24. The fourth-order valence-corrected chi connectivity index (χ4v) is 4.16. The SMILES string of the molecule is CCN1C(=O)c2ccccc2[C@@H](C(=O)O)[C@@H]1c1cn(C)c2ccccc12. The van der Waals surface area contributed by atoms with Crippen molar-refractivity contribution >= 4 is 22.8 Å². The number of carbonyl (C=O) groups excluding carboxylic acids is 1. The van der Waals surface area contributed by atoms with E-state index < -0.39 is 17.9 Å². The van der Waals surface area contributed by atoms with Crippen molar-refractivity contribution < 1.29 is 14.7 Å². The summed E-state index contributed by atoms with van der Waals surface area (Å²) >= 11 is 0. The van der Waals surface area contributed by atoms with Gasteiger partial charge in [-0.1, -0.05) is 36.4 Å². The van der Waals surface area contributed by atoms with E-state index >= 15 is 0 Å². The fourth-order valence-electron chi connectivity index (χ4n) is 4.16. The number of nitrogens with zero attached hydrogens (tertiary/aromatic N) is 2. The van der Waals surface area contributed by atoms with Crippen LogP contribution in [0, 0.1) is 0 Å². The lowest BCUT2D eigenvalue weighted by molar-refractivity contribution is -0.140. The van der Waals surface area contributed by atoms with E-state index in [9.17, 15) is 14.7 Å². The lowest BCUT2D eigenvalue weighted by Crippen LogP contribution is -2.44. The Bertz CT molecular complexity index is 1020. The first-order chi connectivity index (χ1) is 12.5. The molecule has 1 aliphatic rings. The summed E-state index contributed by atoms with van der Waals surface area (Å²) in [5, 5.41) is 11.0. The van der Waals surface area contributed by atoms with E-state index in [0.29, 0.717) is 17.7 Å². The Hall–Kier alpha value is -3.08. The van der Waals surface area contributed by atoms with Gasteiger partial charge in [0.05, 0.1) is 6.04 Å². The summed E-state index contributed by atoms with van der Waals surface area (Å²) in [7, 11) is 1.94. The maximum atomic E-state index is 13.1. The zero-order chi connectivity index (χ0) is 18.4. The highest BCUT2D eigenvalue weighted by Gasteiger charge is 2.44. The number of para-hydroxylation sites is 1. The molecular formula is C21H20N2O3.